The molecule has 1 saturated heterocycles. The fraction of sp³-hybridized carbons (Fsp3) is 0.192. The van der Waals surface area contributed by atoms with Gasteiger partial charge >= 0.3 is 0 Å². The lowest BCUT2D eigenvalue weighted by Gasteiger charge is -2.25. The first kappa shape index (κ1) is 22.6. The Bertz CT molecular complexity index is 1220. The van der Waals surface area contributed by atoms with Crippen molar-refractivity contribution >= 4 is 29.1 Å². The summed E-state index contributed by atoms with van der Waals surface area (Å²) in [6.07, 6.45) is 3.29. The molecule has 1 unspecified atom stereocenters. The minimum Gasteiger partial charge on any atom is -0.507 e. The van der Waals surface area contributed by atoms with E-state index in [1.54, 1.807) is 60.9 Å². The van der Waals surface area contributed by atoms with Crippen LogP contribution in [0.25, 0.3) is 5.76 Å². The van der Waals surface area contributed by atoms with Crippen molar-refractivity contribution in [3.05, 3.63) is 99.8 Å². The number of halogens is 1. The Morgan fingerprint density at radius 3 is 2.55 bits per heavy atom. The quantitative estimate of drug-likeness (QED) is 0.314. The van der Waals surface area contributed by atoms with Gasteiger partial charge in [0.05, 0.1) is 18.2 Å². The van der Waals surface area contributed by atoms with Crippen molar-refractivity contribution in [3.63, 3.8) is 0 Å². The number of hydrogen-bond donors (Lipinski definition) is 1. The number of ketones is 1. The normalized spacial score (nSPS) is 17.4. The van der Waals surface area contributed by atoms with Crippen LogP contribution in [-0.2, 0) is 16.1 Å². The number of likely N-dealkylation sites (tertiary alicyclic amines) is 1. The first-order chi connectivity index (χ1) is 15.9. The molecule has 0 saturated carbocycles. The number of aromatic nitrogens is 1. The van der Waals surface area contributed by atoms with E-state index in [9.17, 15) is 14.7 Å². The van der Waals surface area contributed by atoms with Crippen LogP contribution in [-0.4, -0.2) is 33.3 Å². The van der Waals surface area contributed by atoms with Gasteiger partial charge in [-0.3, -0.25) is 14.6 Å². The van der Waals surface area contributed by atoms with Crippen LogP contribution in [0.2, 0.25) is 5.02 Å². The van der Waals surface area contributed by atoms with E-state index < -0.39 is 17.7 Å². The number of aliphatic hydroxyl groups is 1. The molecule has 1 N–H and O–H groups in total. The van der Waals surface area contributed by atoms with E-state index in [0.717, 1.165) is 11.1 Å². The lowest BCUT2D eigenvalue weighted by Crippen LogP contribution is -2.29. The van der Waals surface area contributed by atoms with Crippen LogP contribution in [0.4, 0.5) is 0 Å². The Morgan fingerprint density at radius 1 is 1.15 bits per heavy atom. The van der Waals surface area contributed by atoms with Crippen molar-refractivity contribution in [2.75, 3.05) is 6.61 Å². The Hall–Kier alpha value is -3.64. The van der Waals surface area contributed by atoms with Gasteiger partial charge in [-0.2, -0.15) is 0 Å². The summed E-state index contributed by atoms with van der Waals surface area (Å²) in [4.78, 5) is 31.8. The molecule has 1 fully saturated rings. The lowest BCUT2D eigenvalue weighted by atomic mass is 9.94. The van der Waals surface area contributed by atoms with Crippen molar-refractivity contribution in [2.24, 2.45) is 0 Å². The minimum atomic E-state index is -0.769. The smallest absolute Gasteiger partial charge is 0.295 e. The number of amides is 1. The van der Waals surface area contributed by atoms with E-state index in [4.69, 9.17) is 16.3 Å². The summed E-state index contributed by atoms with van der Waals surface area (Å²) in [5, 5.41) is 11.8. The number of rotatable bonds is 6. The van der Waals surface area contributed by atoms with Gasteiger partial charge in [-0.05, 0) is 66.9 Å². The SMILES string of the molecule is CCOc1ccc(C(O)=C2C(=O)C(=O)N(Cc3cccnc3)C2c2ccc(Cl)cc2)cc1C. The van der Waals surface area contributed by atoms with Crippen LogP contribution in [0.1, 0.15) is 35.2 Å². The molecule has 7 heteroatoms. The second-order valence-corrected chi connectivity index (χ2v) is 8.19. The first-order valence-corrected chi connectivity index (χ1v) is 10.9. The average Bonchev–Trinajstić information content (AvgIpc) is 3.06. The number of aliphatic hydroxyl groups excluding tert-OH is 1. The summed E-state index contributed by atoms with van der Waals surface area (Å²) in [7, 11) is 0. The topological polar surface area (TPSA) is 79.7 Å². The predicted molar refractivity (Wildman–Crippen MR) is 126 cm³/mol. The largest absolute Gasteiger partial charge is 0.507 e. The Kier molecular flexibility index (Phi) is 6.47. The molecule has 6 nitrogen and oxygen atoms in total. The molecule has 4 rings (SSSR count). The van der Waals surface area contributed by atoms with Crippen molar-refractivity contribution in [3.8, 4) is 5.75 Å². The maximum Gasteiger partial charge on any atom is 0.295 e. The molecule has 3 aromatic rings. The third kappa shape index (κ3) is 4.47. The van der Waals surface area contributed by atoms with Crippen molar-refractivity contribution in [1.29, 1.82) is 0 Å². The van der Waals surface area contributed by atoms with Gasteiger partial charge in [0.25, 0.3) is 11.7 Å². The number of benzene rings is 2. The van der Waals surface area contributed by atoms with E-state index in [1.807, 2.05) is 19.9 Å². The molecule has 0 bridgehead atoms. The van der Waals surface area contributed by atoms with E-state index in [1.165, 1.54) is 4.90 Å². The fourth-order valence-electron chi connectivity index (χ4n) is 3.99. The number of pyridine rings is 1. The molecule has 1 amide bonds. The molecule has 1 aliphatic rings. The zero-order valence-corrected chi connectivity index (χ0v) is 19.0. The van der Waals surface area contributed by atoms with Crippen molar-refractivity contribution in [2.45, 2.75) is 26.4 Å². The van der Waals surface area contributed by atoms with Gasteiger partial charge in [0.1, 0.15) is 11.5 Å². The standard InChI is InChI=1S/C26H23ClN2O4/c1-3-33-21-11-8-19(13-16(21)2)24(30)22-23(18-6-9-20(27)10-7-18)29(26(32)25(22)31)15-17-5-4-12-28-14-17/h4-14,23,30H,3,15H2,1-2H3. The molecule has 33 heavy (non-hydrogen) atoms. The van der Waals surface area contributed by atoms with E-state index in [0.29, 0.717) is 28.5 Å². The summed E-state index contributed by atoms with van der Waals surface area (Å²) < 4.78 is 5.57. The highest BCUT2D eigenvalue weighted by Crippen LogP contribution is 2.41. The summed E-state index contributed by atoms with van der Waals surface area (Å²) >= 11 is 6.07. The Morgan fingerprint density at radius 2 is 1.91 bits per heavy atom. The number of hydrogen-bond acceptors (Lipinski definition) is 5. The molecule has 1 aliphatic heterocycles. The summed E-state index contributed by atoms with van der Waals surface area (Å²) in [6, 6.07) is 14.9. The zero-order chi connectivity index (χ0) is 23.5. The van der Waals surface area contributed by atoms with Crippen LogP contribution in [0, 0.1) is 6.92 Å². The zero-order valence-electron chi connectivity index (χ0n) is 18.3. The van der Waals surface area contributed by atoms with E-state index in [-0.39, 0.29) is 17.9 Å². The summed E-state index contributed by atoms with van der Waals surface area (Å²) in [6.45, 7) is 4.44. The second-order valence-electron chi connectivity index (χ2n) is 7.75. The van der Waals surface area contributed by atoms with Gasteiger partial charge in [0, 0.05) is 29.5 Å². The van der Waals surface area contributed by atoms with Crippen LogP contribution in [0.5, 0.6) is 5.75 Å². The second kappa shape index (κ2) is 9.46. The number of carbonyl (C=O) groups is 2. The van der Waals surface area contributed by atoms with Gasteiger partial charge in [0.2, 0.25) is 0 Å². The molecule has 1 atom stereocenters. The monoisotopic (exact) mass is 462 g/mol. The van der Waals surface area contributed by atoms with Crippen LogP contribution in [0.3, 0.4) is 0 Å². The highest BCUT2D eigenvalue weighted by Gasteiger charge is 2.46. The molecular formula is C26H23ClN2O4. The maximum atomic E-state index is 13.2. The molecule has 1 aromatic heterocycles. The summed E-state index contributed by atoms with van der Waals surface area (Å²) in [5.41, 5.74) is 2.74. The molecule has 2 heterocycles. The Balaban J connectivity index is 1.84. The van der Waals surface area contributed by atoms with Gasteiger partial charge in [-0.1, -0.05) is 29.8 Å². The van der Waals surface area contributed by atoms with Crippen molar-refractivity contribution < 1.29 is 19.4 Å². The predicted octanol–water partition coefficient (Wildman–Crippen LogP) is 5.06. The summed E-state index contributed by atoms with van der Waals surface area (Å²) in [5.74, 6) is -0.945. The van der Waals surface area contributed by atoms with Crippen LogP contribution >= 0.6 is 11.6 Å². The molecular weight excluding hydrogens is 440 g/mol. The van der Waals surface area contributed by atoms with Crippen molar-refractivity contribution in [1.82, 2.24) is 9.88 Å². The molecule has 0 radical (unpaired) electrons. The highest BCUT2D eigenvalue weighted by molar-refractivity contribution is 6.46. The lowest BCUT2D eigenvalue weighted by molar-refractivity contribution is -0.140. The van der Waals surface area contributed by atoms with Crippen LogP contribution < -0.4 is 4.74 Å². The first-order valence-electron chi connectivity index (χ1n) is 10.6. The highest BCUT2D eigenvalue weighted by atomic mass is 35.5. The third-order valence-electron chi connectivity index (χ3n) is 5.55. The minimum absolute atomic E-state index is 0.0368. The number of aryl methyl sites for hydroxylation is 1. The number of carbonyl (C=O) groups excluding carboxylic acids is 2. The molecule has 0 spiro atoms. The third-order valence-corrected chi connectivity index (χ3v) is 5.80. The van der Waals surface area contributed by atoms with Gasteiger partial charge in [-0.15, -0.1) is 0 Å². The van der Waals surface area contributed by atoms with Gasteiger partial charge < -0.3 is 14.7 Å². The Labute approximate surface area is 197 Å². The number of ether oxygens (including phenoxy) is 1. The maximum absolute atomic E-state index is 13.2. The molecule has 168 valence electrons. The van der Waals surface area contributed by atoms with Crippen LogP contribution in [0.15, 0.2) is 72.6 Å². The number of nitrogens with zero attached hydrogens (tertiary/aromatic N) is 2. The van der Waals surface area contributed by atoms with E-state index >= 15 is 0 Å². The molecule has 2 aromatic carbocycles. The van der Waals surface area contributed by atoms with E-state index in [2.05, 4.69) is 4.98 Å². The number of Topliss-reactive ketones (excluding diaryl/α,β-unsaturated/α-hetero) is 1. The molecule has 0 aliphatic carbocycles. The average molecular weight is 463 g/mol. The van der Waals surface area contributed by atoms with Gasteiger partial charge in [0.15, 0.2) is 0 Å². The van der Waals surface area contributed by atoms with Gasteiger partial charge in [-0.25, -0.2) is 0 Å². The fourth-order valence-corrected chi connectivity index (χ4v) is 4.12.